The van der Waals surface area contributed by atoms with Crippen molar-refractivity contribution in [3.8, 4) is 0 Å². The van der Waals surface area contributed by atoms with E-state index in [0.717, 1.165) is 0 Å². The molecule has 1 nitrogen and oxygen atoms in total. The molecule has 0 saturated heterocycles. The highest BCUT2D eigenvalue weighted by Gasteiger charge is 2.08. The summed E-state index contributed by atoms with van der Waals surface area (Å²) in [6.07, 6.45) is 3.71. The summed E-state index contributed by atoms with van der Waals surface area (Å²) < 4.78 is 0. The molecule has 0 aliphatic rings. The third kappa shape index (κ3) is 1.79. The monoisotopic (exact) mass is 201 g/mol. The summed E-state index contributed by atoms with van der Waals surface area (Å²) in [4.78, 5) is 3.54. The first kappa shape index (κ1) is 10.3. The van der Waals surface area contributed by atoms with Gasteiger partial charge in [0.15, 0.2) is 0 Å². The van der Waals surface area contributed by atoms with Gasteiger partial charge in [0, 0.05) is 16.6 Å². The third-order valence-corrected chi connectivity index (χ3v) is 3.17. The number of H-pyrrole nitrogens is 1. The second kappa shape index (κ2) is 4.09. The molecule has 0 spiro atoms. The van der Waals surface area contributed by atoms with Gasteiger partial charge in [0.05, 0.1) is 0 Å². The van der Waals surface area contributed by atoms with Crippen molar-refractivity contribution in [3.63, 3.8) is 0 Å². The van der Waals surface area contributed by atoms with Crippen molar-refractivity contribution in [1.82, 2.24) is 4.98 Å². The number of benzene rings is 1. The van der Waals surface area contributed by atoms with Crippen molar-refractivity contribution in [3.05, 3.63) is 35.0 Å². The van der Waals surface area contributed by atoms with Crippen LogP contribution in [0.4, 0.5) is 0 Å². The lowest BCUT2D eigenvalue weighted by Gasteiger charge is -1.98. The Morgan fingerprint density at radius 2 is 2.00 bits per heavy atom. The van der Waals surface area contributed by atoms with Crippen molar-refractivity contribution in [2.24, 2.45) is 0 Å². The van der Waals surface area contributed by atoms with E-state index in [9.17, 15) is 0 Å². The molecule has 0 amide bonds. The van der Waals surface area contributed by atoms with Crippen LogP contribution in [0.3, 0.4) is 0 Å². The summed E-state index contributed by atoms with van der Waals surface area (Å²) in [5.74, 6) is 0. The lowest BCUT2D eigenvalue weighted by Crippen LogP contribution is -1.87. The van der Waals surface area contributed by atoms with E-state index in [4.69, 9.17) is 0 Å². The van der Waals surface area contributed by atoms with Crippen LogP contribution in [0.1, 0.15) is 36.6 Å². The fourth-order valence-electron chi connectivity index (χ4n) is 2.28. The van der Waals surface area contributed by atoms with E-state index in [1.54, 1.807) is 0 Å². The van der Waals surface area contributed by atoms with Crippen molar-refractivity contribution in [2.45, 2.75) is 40.0 Å². The highest BCUT2D eigenvalue weighted by molar-refractivity contribution is 5.87. The summed E-state index contributed by atoms with van der Waals surface area (Å²) in [6.45, 7) is 6.66. The van der Waals surface area contributed by atoms with Crippen LogP contribution < -0.4 is 0 Å². The highest BCUT2D eigenvalue weighted by Crippen LogP contribution is 2.25. The predicted octanol–water partition coefficient (Wildman–Crippen LogP) is 4.13. The average Bonchev–Trinajstić information content (AvgIpc) is 2.54. The molecular formula is C14H19N. The van der Waals surface area contributed by atoms with Crippen LogP contribution in [0.2, 0.25) is 0 Å². The molecule has 1 N–H and O–H groups in total. The number of aromatic amines is 1. The first-order valence-electron chi connectivity index (χ1n) is 5.80. The van der Waals surface area contributed by atoms with E-state index in [-0.39, 0.29) is 0 Å². The summed E-state index contributed by atoms with van der Waals surface area (Å²) in [5.41, 5.74) is 5.53. The van der Waals surface area contributed by atoms with Gasteiger partial charge in [-0.15, -0.1) is 0 Å². The van der Waals surface area contributed by atoms with Crippen molar-refractivity contribution < 1.29 is 0 Å². The number of aromatic nitrogens is 1. The quantitative estimate of drug-likeness (QED) is 0.768. The fourth-order valence-corrected chi connectivity index (χ4v) is 2.28. The van der Waals surface area contributed by atoms with Crippen LogP contribution in [0.15, 0.2) is 18.2 Å². The van der Waals surface area contributed by atoms with Crippen LogP contribution in [0.5, 0.6) is 0 Å². The van der Waals surface area contributed by atoms with Gasteiger partial charge < -0.3 is 4.98 Å². The molecule has 0 aliphatic heterocycles. The van der Waals surface area contributed by atoms with Gasteiger partial charge in [-0.3, -0.25) is 0 Å². The molecule has 1 aromatic carbocycles. The molecular weight excluding hydrogens is 182 g/mol. The Balaban J connectivity index is 2.50. The van der Waals surface area contributed by atoms with Gasteiger partial charge in [0.25, 0.3) is 0 Å². The smallest absolute Gasteiger partial charge is 0.0461 e. The van der Waals surface area contributed by atoms with Gasteiger partial charge in [0.1, 0.15) is 0 Å². The van der Waals surface area contributed by atoms with Gasteiger partial charge in [-0.25, -0.2) is 0 Å². The van der Waals surface area contributed by atoms with Gasteiger partial charge in [0.2, 0.25) is 0 Å². The second-order valence-electron chi connectivity index (χ2n) is 4.33. The van der Waals surface area contributed by atoms with Crippen LogP contribution >= 0.6 is 0 Å². The molecule has 15 heavy (non-hydrogen) atoms. The Hall–Kier alpha value is -1.24. The Morgan fingerprint density at radius 1 is 1.20 bits per heavy atom. The second-order valence-corrected chi connectivity index (χ2v) is 4.33. The SMILES string of the molecule is CCCCc1[nH]c2cccc(C)c2c1C. The van der Waals surface area contributed by atoms with E-state index in [1.165, 1.54) is 47.0 Å². The van der Waals surface area contributed by atoms with Gasteiger partial charge in [-0.2, -0.15) is 0 Å². The lowest BCUT2D eigenvalue weighted by molar-refractivity contribution is 0.779. The van der Waals surface area contributed by atoms with Crippen molar-refractivity contribution in [2.75, 3.05) is 0 Å². The minimum absolute atomic E-state index is 1.18. The van der Waals surface area contributed by atoms with Crippen LogP contribution in [-0.4, -0.2) is 4.98 Å². The van der Waals surface area contributed by atoms with Gasteiger partial charge in [-0.05, 0) is 43.9 Å². The molecule has 2 aromatic rings. The molecule has 0 fully saturated rings. The maximum atomic E-state index is 3.54. The fraction of sp³-hybridized carbons (Fsp3) is 0.429. The number of unbranched alkanes of at least 4 members (excludes halogenated alkanes) is 1. The Labute approximate surface area is 91.5 Å². The van der Waals surface area contributed by atoms with E-state index in [0.29, 0.717) is 0 Å². The minimum atomic E-state index is 1.18. The molecule has 0 aliphatic carbocycles. The van der Waals surface area contributed by atoms with Gasteiger partial charge >= 0.3 is 0 Å². The molecule has 0 bridgehead atoms. The number of hydrogen-bond acceptors (Lipinski definition) is 0. The molecule has 1 aromatic heterocycles. The third-order valence-electron chi connectivity index (χ3n) is 3.17. The molecule has 0 radical (unpaired) electrons. The molecule has 1 heterocycles. The molecule has 2 rings (SSSR count). The molecule has 0 unspecified atom stereocenters. The Morgan fingerprint density at radius 3 is 2.67 bits per heavy atom. The number of aryl methyl sites for hydroxylation is 3. The zero-order valence-electron chi connectivity index (χ0n) is 9.85. The first-order valence-corrected chi connectivity index (χ1v) is 5.80. The first-order chi connectivity index (χ1) is 7.24. The number of nitrogens with one attached hydrogen (secondary N) is 1. The minimum Gasteiger partial charge on any atom is -0.358 e. The summed E-state index contributed by atoms with van der Waals surface area (Å²) in [5, 5.41) is 1.42. The zero-order chi connectivity index (χ0) is 10.8. The maximum Gasteiger partial charge on any atom is 0.0461 e. The average molecular weight is 201 g/mol. The maximum absolute atomic E-state index is 3.54. The van der Waals surface area contributed by atoms with E-state index in [2.05, 4.69) is 44.0 Å². The van der Waals surface area contributed by atoms with Gasteiger partial charge in [-0.1, -0.05) is 25.5 Å². The highest BCUT2D eigenvalue weighted by atomic mass is 14.7. The lowest BCUT2D eigenvalue weighted by atomic mass is 10.1. The summed E-state index contributed by atoms with van der Waals surface area (Å²) in [6, 6.07) is 6.48. The molecule has 0 atom stereocenters. The standard InChI is InChI=1S/C14H19N/c1-4-5-8-12-11(3)14-10(2)7-6-9-13(14)15-12/h6-7,9,15H,4-5,8H2,1-3H3. The van der Waals surface area contributed by atoms with Crippen LogP contribution in [-0.2, 0) is 6.42 Å². The summed E-state index contributed by atoms with van der Waals surface area (Å²) >= 11 is 0. The van der Waals surface area contributed by atoms with E-state index in [1.807, 2.05) is 0 Å². The number of hydrogen-bond donors (Lipinski definition) is 1. The van der Waals surface area contributed by atoms with E-state index >= 15 is 0 Å². The number of fused-ring (bicyclic) bond motifs is 1. The topological polar surface area (TPSA) is 15.8 Å². The van der Waals surface area contributed by atoms with Crippen molar-refractivity contribution >= 4 is 10.9 Å². The molecule has 1 heteroatoms. The normalized spacial score (nSPS) is 11.1. The van der Waals surface area contributed by atoms with Crippen LogP contribution in [0, 0.1) is 13.8 Å². The predicted molar refractivity (Wildman–Crippen MR) is 66.4 cm³/mol. The zero-order valence-corrected chi connectivity index (χ0v) is 9.85. The largest absolute Gasteiger partial charge is 0.358 e. The summed E-state index contributed by atoms with van der Waals surface area (Å²) in [7, 11) is 0. The molecule has 80 valence electrons. The number of rotatable bonds is 3. The Kier molecular flexibility index (Phi) is 2.81. The Bertz CT molecular complexity index is 465. The van der Waals surface area contributed by atoms with Crippen LogP contribution in [0.25, 0.3) is 10.9 Å². The van der Waals surface area contributed by atoms with E-state index < -0.39 is 0 Å². The van der Waals surface area contributed by atoms with Crippen molar-refractivity contribution in [1.29, 1.82) is 0 Å². The molecule has 0 saturated carbocycles.